The highest BCUT2D eigenvalue weighted by atomic mass is 16.6. The van der Waals surface area contributed by atoms with Crippen LogP contribution in [0.4, 0.5) is 5.69 Å². The number of pyridine rings is 1. The van der Waals surface area contributed by atoms with E-state index in [4.69, 9.17) is 15.2 Å². The van der Waals surface area contributed by atoms with Crippen molar-refractivity contribution in [1.29, 1.82) is 0 Å². The fourth-order valence-corrected chi connectivity index (χ4v) is 1.61. The number of nitrogen functional groups attached to an aromatic ring is 1. The summed E-state index contributed by atoms with van der Waals surface area (Å²) >= 11 is 0. The summed E-state index contributed by atoms with van der Waals surface area (Å²) in [6, 6.07) is 10.7. The molecule has 0 atom stereocenters. The lowest BCUT2D eigenvalue weighted by atomic mass is 10.2. The van der Waals surface area contributed by atoms with E-state index in [9.17, 15) is 4.79 Å². The first kappa shape index (κ1) is 13.9. The van der Waals surface area contributed by atoms with E-state index in [2.05, 4.69) is 4.98 Å². The number of para-hydroxylation sites is 2. The number of ether oxygens (including phenoxy) is 2. The zero-order chi connectivity index (χ0) is 14.4. The molecule has 0 saturated carbocycles. The number of rotatable bonds is 5. The summed E-state index contributed by atoms with van der Waals surface area (Å²) in [6.45, 7) is 1.87. The van der Waals surface area contributed by atoms with Crippen LogP contribution in [0, 0.1) is 6.92 Å². The monoisotopic (exact) mass is 272 g/mol. The molecule has 5 heteroatoms. The number of aromatic nitrogens is 1. The first-order valence-electron chi connectivity index (χ1n) is 6.20. The first-order valence-corrected chi connectivity index (χ1v) is 6.20. The van der Waals surface area contributed by atoms with Gasteiger partial charge in [0.05, 0.1) is 11.4 Å². The second-order valence-electron chi connectivity index (χ2n) is 4.25. The molecule has 104 valence electrons. The highest BCUT2D eigenvalue weighted by Crippen LogP contribution is 2.19. The number of hydrogen-bond donors (Lipinski definition) is 1. The first-order chi connectivity index (χ1) is 9.66. The standard InChI is InChI=1S/C15H16N2O3/c1-11-5-4-8-17-13(11)9-20-15(18)10-19-14-7-3-2-6-12(14)16/h2-8H,9-10,16H2,1H3. The van der Waals surface area contributed by atoms with Gasteiger partial charge in [0.2, 0.25) is 0 Å². The number of aryl methyl sites for hydroxylation is 1. The molecule has 0 unspecified atom stereocenters. The minimum atomic E-state index is -0.460. The molecule has 5 nitrogen and oxygen atoms in total. The van der Waals surface area contributed by atoms with E-state index >= 15 is 0 Å². The van der Waals surface area contributed by atoms with Crippen LogP contribution in [-0.4, -0.2) is 17.6 Å². The summed E-state index contributed by atoms with van der Waals surface area (Å²) in [6.07, 6.45) is 1.66. The lowest BCUT2D eigenvalue weighted by Crippen LogP contribution is -2.15. The lowest BCUT2D eigenvalue weighted by molar-refractivity contribution is -0.147. The molecule has 0 aliphatic rings. The van der Waals surface area contributed by atoms with Gasteiger partial charge in [-0.05, 0) is 30.7 Å². The third-order valence-electron chi connectivity index (χ3n) is 2.75. The van der Waals surface area contributed by atoms with Crippen molar-refractivity contribution >= 4 is 11.7 Å². The van der Waals surface area contributed by atoms with Gasteiger partial charge in [-0.3, -0.25) is 4.98 Å². The van der Waals surface area contributed by atoms with Gasteiger partial charge in [-0.25, -0.2) is 4.79 Å². The van der Waals surface area contributed by atoms with Crippen LogP contribution in [0.15, 0.2) is 42.6 Å². The number of esters is 1. The van der Waals surface area contributed by atoms with Crippen molar-refractivity contribution in [1.82, 2.24) is 4.98 Å². The Hall–Kier alpha value is -2.56. The summed E-state index contributed by atoms with van der Waals surface area (Å²) in [5.74, 6) is 0.0109. The fourth-order valence-electron chi connectivity index (χ4n) is 1.61. The molecule has 0 aliphatic carbocycles. The van der Waals surface area contributed by atoms with E-state index in [1.54, 1.807) is 30.5 Å². The Kier molecular flexibility index (Phi) is 4.55. The molecule has 1 heterocycles. The highest BCUT2D eigenvalue weighted by Gasteiger charge is 2.08. The van der Waals surface area contributed by atoms with Gasteiger partial charge in [-0.15, -0.1) is 0 Å². The Morgan fingerprint density at radius 1 is 1.25 bits per heavy atom. The zero-order valence-corrected chi connectivity index (χ0v) is 11.2. The van der Waals surface area contributed by atoms with Crippen LogP contribution in [0.3, 0.4) is 0 Å². The van der Waals surface area contributed by atoms with Crippen molar-refractivity contribution in [3.8, 4) is 5.75 Å². The second-order valence-corrected chi connectivity index (χ2v) is 4.25. The van der Waals surface area contributed by atoms with E-state index in [-0.39, 0.29) is 13.2 Å². The smallest absolute Gasteiger partial charge is 0.344 e. The van der Waals surface area contributed by atoms with Crippen LogP contribution in [0.2, 0.25) is 0 Å². The quantitative estimate of drug-likeness (QED) is 0.666. The minimum Gasteiger partial charge on any atom is -0.480 e. The maximum Gasteiger partial charge on any atom is 0.344 e. The summed E-state index contributed by atoms with van der Waals surface area (Å²) < 4.78 is 10.4. The van der Waals surface area contributed by atoms with Gasteiger partial charge in [-0.1, -0.05) is 18.2 Å². The summed E-state index contributed by atoms with van der Waals surface area (Å²) in [7, 11) is 0. The molecule has 0 radical (unpaired) electrons. The van der Waals surface area contributed by atoms with Crippen LogP contribution in [0.5, 0.6) is 5.75 Å². The van der Waals surface area contributed by atoms with Gasteiger partial charge >= 0.3 is 5.97 Å². The number of nitrogens with two attached hydrogens (primary N) is 1. The number of hydrogen-bond acceptors (Lipinski definition) is 5. The normalized spacial score (nSPS) is 10.1. The molecule has 0 aliphatic heterocycles. The van der Waals surface area contributed by atoms with Crippen molar-refractivity contribution in [2.45, 2.75) is 13.5 Å². The van der Waals surface area contributed by atoms with Gasteiger partial charge in [0.15, 0.2) is 6.61 Å². The van der Waals surface area contributed by atoms with Gasteiger partial charge in [0.1, 0.15) is 12.4 Å². The number of anilines is 1. The van der Waals surface area contributed by atoms with E-state index in [1.807, 2.05) is 19.1 Å². The molecular formula is C15H16N2O3. The van der Waals surface area contributed by atoms with Crippen LogP contribution in [0.25, 0.3) is 0 Å². The van der Waals surface area contributed by atoms with E-state index < -0.39 is 5.97 Å². The summed E-state index contributed by atoms with van der Waals surface area (Å²) in [4.78, 5) is 15.7. The predicted molar refractivity (Wildman–Crippen MR) is 75.1 cm³/mol. The average Bonchev–Trinajstić information content (AvgIpc) is 2.45. The molecule has 20 heavy (non-hydrogen) atoms. The molecular weight excluding hydrogens is 256 g/mol. The topological polar surface area (TPSA) is 74.4 Å². The fraction of sp³-hybridized carbons (Fsp3) is 0.200. The highest BCUT2D eigenvalue weighted by molar-refractivity contribution is 5.71. The van der Waals surface area contributed by atoms with Gasteiger partial charge in [0.25, 0.3) is 0 Å². The van der Waals surface area contributed by atoms with E-state index in [1.165, 1.54) is 0 Å². The molecule has 1 aromatic heterocycles. The van der Waals surface area contributed by atoms with Gasteiger partial charge < -0.3 is 15.2 Å². The molecule has 0 saturated heterocycles. The third-order valence-corrected chi connectivity index (χ3v) is 2.75. The average molecular weight is 272 g/mol. The number of carbonyl (C=O) groups is 1. The Balaban J connectivity index is 1.82. The lowest BCUT2D eigenvalue weighted by Gasteiger charge is -2.09. The maximum absolute atomic E-state index is 11.6. The van der Waals surface area contributed by atoms with Gasteiger partial charge in [0, 0.05) is 6.20 Å². The molecule has 2 rings (SSSR count). The Morgan fingerprint density at radius 2 is 2.05 bits per heavy atom. The summed E-state index contributed by atoms with van der Waals surface area (Å²) in [5.41, 5.74) is 7.91. The molecule has 0 fully saturated rings. The Labute approximate surface area is 117 Å². The molecule has 2 aromatic rings. The van der Waals surface area contributed by atoms with Crippen molar-refractivity contribution in [2.75, 3.05) is 12.3 Å². The Morgan fingerprint density at radius 3 is 2.80 bits per heavy atom. The SMILES string of the molecule is Cc1cccnc1COC(=O)COc1ccccc1N. The largest absolute Gasteiger partial charge is 0.480 e. The van der Waals surface area contributed by atoms with E-state index in [0.29, 0.717) is 11.4 Å². The molecule has 0 spiro atoms. The van der Waals surface area contributed by atoms with Crippen molar-refractivity contribution in [3.05, 3.63) is 53.9 Å². The maximum atomic E-state index is 11.6. The van der Waals surface area contributed by atoms with Crippen LogP contribution >= 0.6 is 0 Å². The van der Waals surface area contributed by atoms with Crippen LogP contribution in [-0.2, 0) is 16.1 Å². The zero-order valence-electron chi connectivity index (χ0n) is 11.2. The van der Waals surface area contributed by atoms with Gasteiger partial charge in [-0.2, -0.15) is 0 Å². The second kappa shape index (κ2) is 6.56. The van der Waals surface area contributed by atoms with Crippen molar-refractivity contribution in [2.24, 2.45) is 0 Å². The molecule has 1 aromatic carbocycles. The Bertz CT molecular complexity index is 548. The molecule has 0 bridgehead atoms. The summed E-state index contributed by atoms with van der Waals surface area (Å²) in [5, 5.41) is 0. The molecule has 2 N–H and O–H groups in total. The predicted octanol–water partition coefficient (Wildman–Crippen LogP) is 2.09. The third kappa shape index (κ3) is 3.71. The van der Waals surface area contributed by atoms with Crippen molar-refractivity contribution < 1.29 is 14.3 Å². The number of benzene rings is 1. The number of nitrogens with zero attached hydrogens (tertiary/aromatic N) is 1. The van der Waals surface area contributed by atoms with Crippen LogP contribution < -0.4 is 10.5 Å². The van der Waals surface area contributed by atoms with E-state index in [0.717, 1.165) is 11.3 Å². The molecule has 0 amide bonds. The van der Waals surface area contributed by atoms with Crippen molar-refractivity contribution in [3.63, 3.8) is 0 Å². The number of carbonyl (C=O) groups excluding carboxylic acids is 1. The van der Waals surface area contributed by atoms with Crippen LogP contribution in [0.1, 0.15) is 11.3 Å². The minimum absolute atomic E-state index is 0.138.